The van der Waals surface area contributed by atoms with E-state index in [9.17, 15) is 9.59 Å². The molecule has 1 amide bonds. The van der Waals surface area contributed by atoms with Gasteiger partial charge in [0.25, 0.3) is 0 Å². The molecule has 0 aliphatic heterocycles. The lowest BCUT2D eigenvalue weighted by Crippen LogP contribution is -2.35. The average molecular weight is 327 g/mol. The first-order valence-corrected chi connectivity index (χ1v) is 7.61. The first kappa shape index (κ1) is 18.5. The molecule has 1 rings (SSSR count). The third kappa shape index (κ3) is 6.45. The highest BCUT2D eigenvalue weighted by atomic mass is 35.5. The third-order valence-corrected chi connectivity index (χ3v) is 3.66. The van der Waals surface area contributed by atoms with Crippen molar-refractivity contribution in [1.82, 2.24) is 5.32 Å². The lowest BCUT2D eigenvalue weighted by Gasteiger charge is -2.21. The van der Waals surface area contributed by atoms with Gasteiger partial charge >= 0.3 is 5.97 Å². The first-order valence-electron chi connectivity index (χ1n) is 7.23. The minimum absolute atomic E-state index is 0.0382. The maximum absolute atomic E-state index is 11.9. The summed E-state index contributed by atoms with van der Waals surface area (Å²) in [6.45, 7) is 5.82. The molecule has 122 valence electrons. The molecule has 22 heavy (non-hydrogen) atoms. The standard InChI is InChI=1S/C16H23ClN2O3/c1-11(18-8-7-16(2,3)15(21)22)9-14(20)19-13-6-4-5-12(17)10-13/h4-6,10-11,18H,7-9H2,1-3H3,(H,19,20)(H,21,22). The van der Waals surface area contributed by atoms with Crippen molar-refractivity contribution in [3.05, 3.63) is 29.3 Å². The molecule has 0 aliphatic rings. The fraction of sp³-hybridized carbons (Fsp3) is 0.500. The molecule has 3 N–H and O–H groups in total. The van der Waals surface area contributed by atoms with Gasteiger partial charge in [-0.05, 0) is 51.9 Å². The Labute approximate surface area is 136 Å². The molecule has 0 aromatic heterocycles. The van der Waals surface area contributed by atoms with Crippen LogP contribution in [0.3, 0.4) is 0 Å². The number of amides is 1. The Hall–Kier alpha value is -1.59. The van der Waals surface area contributed by atoms with Gasteiger partial charge in [0.2, 0.25) is 5.91 Å². The van der Waals surface area contributed by atoms with E-state index < -0.39 is 11.4 Å². The van der Waals surface area contributed by atoms with Crippen LogP contribution in [0.15, 0.2) is 24.3 Å². The van der Waals surface area contributed by atoms with Gasteiger partial charge in [-0.15, -0.1) is 0 Å². The molecule has 0 heterocycles. The molecule has 0 radical (unpaired) electrons. The van der Waals surface area contributed by atoms with Crippen molar-refractivity contribution in [2.75, 3.05) is 11.9 Å². The van der Waals surface area contributed by atoms with Crippen LogP contribution in [0.25, 0.3) is 0 Å². The summed E-state index contributed by atoms with van der Waals surface area (Å²) in [5, 5.41) is 15.6. The number of benzene rings is 1. The molecule has 0 saturated heterocycles. The molecule has 0 saturated carbocycles. The molecule has 1 aromatic rings. The van der Waals surface area contributed by atoms with E-state index in [0.29, 0.717) is 30.1 Å². The molecule has 0 spiro atoms. The second kappa shape index (κ2) is 8.15. The number of halogens is 1. The summed E-state index contributed by atoms with van der Waals surface area (Å²) < 4.78 is 0. The zero-order chi connectivity index (χ0) is 16.8. The largest absolute Gasteiger partial charge is 0.481 e. The lowest BCUT2D eigenvalue weighted by atomic mass is 9.89. The van der Waals surface area contributed by atoms with Gasteiger partial charge in [0.15, 0.2) is 0 Å². The second-order valence-corrected chi connectivity index (χ2v) is 6.49. The molecule has 0 bridgehead atoms. The Balaban J connectivity index is 2.34. The molecule has 6 heteroatoms. The second-order valence-electron chi connectivity index (χ2n) is 6.06. The smallest absolute Gasteiger partial charge is 0.309 e. The molecule has 1 atom stereocenters. The fourth-order valence-electron chi connectivity index (χ4n) is 1.87. The van der Waals surface area contributed by atoms with Crippen LogP contribution < -0.4 is 10.6 Å². The zero-order valence-corrected chi connectivity index (χ0v) is 13.9. The van der Waals surface area contributed by atoms with Gasteiger partial charge < -0.3 is 15.7 Å². The minimum Gasteiger partial charge on any atom is -0.481 e. The number of carbonyl (C=O) groups is 2. The van der Waals surface area contributed by atoms with Crippen molar-refractivity contribution >= 4 is 29.2 Å². The highest BCUT2D eigenvalue weighted by molar-refractivity contribution is 6.30. The number of anilines is 1. The minimum atomic E-state index is -0.819. The van der Waals surface area contributed by atoms with Crippen LogP contribution >= 0.6 is 11.6 Å². The molecule has 1 aromatic carbocycles. The Bertz CT molecular complexity index is 532. The Morgan fingerprint density at radius 1 is 1.36 bits per heavy atom. The van der Waals surface area contributed by atoms with Crippen LogP contribution in [0.1, 0.15) is 33.6 Å². The fourth-order valence-corrected chi connectivity index (χ4v) is 2.06. The lowest BCUT2D eigenvalue weighted by molar-refractivity contribution is -0.147. The molecular weight excluding hydrogens is 304 g/mol. The molecular formula is C16H23ClN2O3. The summed E-state index contributed by atoms with van der Waals surface area (Å²) in [5.41, 5.74) is -0.104. The summed E-state index contributed by atoms with van der Waals surface area (Å²) in [7, 11) is 0. The van der Waals surface area contributed by atoms with Crippen LogP contribution in [0.2, 0.25) is 5.02 Å². The van der Waals surface area contributed by atoms with Crippen LogP contribution in [0, 0.1) is 5.41 Å². The van der Waals surface area contributed by atoms with Crippen LogP contribution in [0.5, 0.6) is 0 Å². The van der Waals surface area contributed by atoms with E-state index in [-0.39, 0.29) is 11.9 Å². The highest BCUT2D eigenvalue weighted by Crippen LogP contribution is 2.19. The average Bonchev–Trinajstić information content (AvgIpc) is 2.37. The number of carboxylic acids is 1. The maximum Gasteiger partial charge on any atom is 0.309 e. The Morgan fingerprint density at radius 2 is 2.05 bits per heavy atom. The summed E-state index contributed by atoms with van der Waals surface area (Å²) in [5.74, 6) is -0.930. The summed E-state index contributed by atoms with van der Waals surface area (Å²) in [6.07, 6.45) is 0.808. The van der Waals surface area contributed by atoms with E-state index in [4.69, 9.17) is 16.7 Å². The van der Waals surface area contributed by atoms with E-state index in [2.05, 4.69) is 10.6 Å². The predicted octanol–water partition coefficient (Wildman–Crippen LogP) is 3.15. The normalized spacial score (nSPS) is 12.7. The van der Waals surface area contributed by atoms with Crippen LogP contribution in [0.4, 0.5) is 5.69 Å². The van der Waals surface area contributed by atoms with E-state index >= 15 is 0 Å². The summed E-state index contributed by atoms with van der Waals surface area (Å²) >= 11 is 5.86. The van der Waals surface area contributed by atoms with Crippen molar-refractivity contribution in [2.24, 2.45) is 5.41 Å². The van der Waals surface area contributed by atoms with E-state index in [1.807, 2.05) is 6.92 Å². The van der Waals surface area contributed by atoms with Crippen molar-refractivity contribution < 1.29 is 14.7 Å². The Morgan fingerprint density at radius 3 is 2.64 bits per heavy atom. The van der Waals surface area contributed by atoms with E-state index in [0.717, 1.165) is 0 Å². The van der Waals surface area contributed by atoms with Crippen molar-refractivity contribution in [3.8, 4) is 0 Å². The van der Waals surface area contributed by atoms with E-state index in [1.54, 1.807) is 38.1 Å². The van der Waals surface area contributed by atoms with Crippen molar-refractivity contribution in [3.63, 3.8) is 0 Å². The predicted molar refractivity (Wildman–Crippen MR) is 88.2 cm³/mol. The maximum atomic E-state index is 11.9. The third-order valence-electron chi connectivity index (χ3n) is 3.42. The number of carboxylic acid groups (broad SMARTS) is 1. The van der Waals surface area contributed by atoms with Crippen LogP contribution in [-0.4, -0.2) is 29.6 Å². The number of hydrogen-bond acceptors (Lipinski definition) is 3. The zero-order valence-electron chi connectivity index (χ0n) is 13.1. The molecule has 0 aliphatic carbocycles. The van der Waals surface area contributed by atoms with Gasteiger partial charge in [-0.2, -0.15) is 0 Å². The Kier molecular flexibility index (Phi) is 6.84. The first-order chi connectivity index (χ1) is 10.2. The van der Waals surface area contributed by atoms with Gasteiger partial charge in [-0.3, -0.25) is 9.59 Å². The van der Waals surface area contributed by atoms with E-state index in [1.165, 1.54) is 0 Å². The van der Waals surface area contributed by atoms with Gasteiger partial charge in [0, 0.05) is 23.2 Å². The monoisotopic (exact) mass is 326 g/mol. The molecule has 0 fully saturated rings. The number of nitrogens with one attached hydrogen (secondary N) is 2. The summed E-state index contributed by atoms with van der Waals surface area (Å²) in [6, 6.07) is 6.94. The van der Waals surface area contributed by atoms with Crippen LogP contribution in [-0.2, 0) is 9.59 Å². The van der Waals surface area contributed by atoms with Crippen molar-refractivity contribution in [2.45, 2.75) is 39.7 Å². The topological polar surface area (TPSA) is 78.4 Å². The quantitative estimate of drug-likeness (QED) is 0.685. The molecule has 5 nitrogen and oxygen atoms in total. The number of carbonyl (C=O) groups excluding carboxylic acids is 1. The van der Waals surface area contributed by atoms with Crippen molar-refractivity contribution in [1.29, 1.82) is 0 Å². The number of rotatable bonds is 8. The van der Waals surface area contributed by atoms with Gasteiger partial charge in [-0.1, -0.05) is 17.7 Å². The number of aliphatic carboxylic acids is 1. The van der Waals surface area contributed by atoms with Gasteiger partial charge in [0.05, 0.1) is 5.41 Å². The van der Waals surface area contributed by atoms with Gasteiger partial charge in [0.1, 0.15) is 0 Å². The summed E-state index contributed by atoms with van der Waals surface area (Å²) in [4.78, 5) is 22.9. The van der Waals surface area contributed by atoms with Gasteiger partial charge in [-0.25, -0.2) is 0 Å². The number of hydrogen-bond donors (Lipinski definition) is 3. The molecule has 1 unspecified atom stereocenters. The highest BCUT2D eigenvalue weighted by Gasteiger charge is 2.26. The SMILES string of the molecule is CC(CC(=O)Nc1cccc(Cl)c1)NCCC(C)(C)C(=O)O.